The van der Waals surface area contributed by atoms with Crippen LogP contribution in [0.15, 0.2) is 36.7 Å². The molecule has 4 N–H and O–H groups in total. The van der Waals surface area contributed by atoms with Crippen LogP contribution in [0.5, 0.6) is 5.75 Å². The number of nitrogen functional groups attached to an aromatic ring is 1. The molecule has 3 heterocycles. The first-order chi connectivity index (χ1) is 19.4. The molecule has 14 heteroatoms. The minimum Gasteiger partial charge on any atom is -0.462 e. The second-order valence-corrected chi connectivity index (χ2v) is 13.2. The summed E-state index contributed by atoms with van der Waals surface area (Å²) in [7, 11) is -4.02. The van der Waals surface area contributed by atoms with E-state index < -0.39 is 32.1 Å². The Kier molecular flexibility index (Phi) is 8.24. The highest BCUT2D eigenvalue weighted by Gasteiger charge is 2.45. The summed E-state index contributed by atoms with van der Waals surface area (Å²) in [5.41, 5.74) is 6.87. The fraction of sp³-hybridized carbons (Fsp3) is 0.556. The molecule has 2 aliphatic rings. The lowest BCUT2D eigenvalue weighted by Gasteiger charge is -2.26. The van der Waals surface area contributed by atoms with Crippen LogP contribution < -0.4 is 20.7 Å². The average molecular weight is 588 g/mol. The third-order valence-electron chi connectivity index (χ3n) is 6.81. The van der Waals surface area contributed by atoms with Gasteiger partial charge in [0.05, 0.1) is 25.1 Å². The van der Waals surface area contributed by atoms with Crippen molar-refractivity contribution in [2.75, 3.05) is 17.7 Å². The van der Waals surface area contributed by atoms with Crippen molar-refractivity contribution in [2.24, 2.45) is 5.41 Å². The Labute approximate surface area is 239 Å². The summed E-state index contributed by atoms with van der Waals surface area (Å²) in [4.78, 5) is 25.8. The van der Waals surface area contributed by atoms with Gasteiger partial charge in [-0.2, -0.15) is 15.1 Å². The van der Waals surface area contributed by atoms with Crippen LogP contribution >= 0.6 is 7.75 Å². The normalized spacial score (nSPS) is 22.4. The molecule has 2 aromatic heterocycles. The molecule has 5 rings (SSSR count). The van der Waals surface area contributed by atoms with Gasteiger partial charge in [0.1, 0.15) is 18.0 Å². The third kappa shape index (κ3) is 6.98. The Morgan fingerprint density at radius 3 is 2.63 bits per heavy atom. The van der Waals surface area contributed by atoms with E-state index in [2.05, 4.69) is 39.2 Å². The monoisotopic (exact) mass is 587 g/mol. The summed E-state index contributed by atoms with van der Waals surface area (Å²) < 4.78 is 39.1. The first kappa shape index (κ1) is 29.2. The number of nitrogens with zero attached hydrogens (tertiary/aromatic N) is 4. The number of aromatic nitrogens is 4. The number of para-hydroxylation sites is 1. The van der Waals surface area contributed by atoms with Gasteiger partial charge < -0.3 is 25.0 Å². The first-order valence-electron chi connectivity index (χ1n) is 13.8. The average Bonchev–Trinajstić information content (AvgIpc) is 3.53. The molecule has 0 amide bonds. The Balaban J connectivity index is 1.32. The largest absolute Gasteiger partial charge is 0.462 e. The standard InChI is InChI=1S/C27H38N7O6P/c1-16(2)38-24(35)17(3)33-41(36,40-19-9-7-6-8-10-19)37-14-20-13-27(4,5)25(39-20)34-15-29-21-22(30-18-11-12-18)31-26(28)32-23(21)34/h6-10,15-18,20,25H,11-14H2,1-5H3,(H,33,36)(H3,28,30,31,32)/t17-,20+,25-,41?/m1/s1. The number of fused-ring (bicyclic) bond motifs is 1. The molecule has 1 aliphatic carbocycles. The van der Waals surface area contributed by atoms with Crippen molar-refractivity contribution in [1.29, 1.82) is 0 Å². The van der Waals surface area contributed by atoms with Crippen LogP contribution in [0.2, 0.25) is 0 Å². The summed E-state index contributed by atoms with van der Waals surface area (Å²) in [5, 5.41) is 6.09. The molecule has 1 aromatic carbocycles. The molecule has 41 heavy (non-hydrogen) atoms. The minimum atomic E-state index is -4.02. The predicted molar refractivity (Wildman–Crippen MR) is 153 cm³/mol. The van der Waals surface area contributed by atoms with Gasteiger partial charge in [-0.15, -0.1) is 0 Å². The van der Waals surface area contributed by atoms with Crippen LogP contribution in [0.4, 0.5) is 11.8 Å². The van der Waals surface area contributed by atoms with E-state index in [0.717, 1.165) is 12.8 Å². The molecule has 1 saturated carbocycles. The number of hydrogen-bond donors (Lipinski definition) is 3. The lowest BCUT2D eigenvalue weighted by molar-refractivity contribution is -0.149. The lowest BCUT2D eigenvalue weighted by Crippen LogP contribution is -2.36. The lowest BCUT2D eigenvalue weighted by atomic mass is 9.87. The molecule has 222 valence electrons. The second-order valence-electron chi connectivity index (χ2n) is 11.5. The van der Waals surface area contributed by atoms with Crippen LogP contribution in [0.1, 0.15) is 60.1 Å². The van der Waals surface area contributed by atoms with Gasteiger partial charge in [0, 0.05) is 11.5 Å². The van der Waals surface area contributed by atoms with Gasteiger partial charge in [0.25, 0.3) is 0 Å². The Morgan fingerprint density at radius 2 is 1.95 bits per heavy atom. The number of ether oxygens (including phenoxy) is 2. The van der Waals surface area contributed by atoms with Gasteiger partial charge >= 0.3 is 13.7 Å². The highest BCUT2D eigenvalue weighted by atomic mass is 31.2. The van der Waals surface area contributed by atoms with E-state index in [1.54, 1.807) is 51.4 Å². The zero-order chi connectivity index (χ0) is 29.4. The highest BCUT2D eigenvalue weighted by molar-refractivity contribution is 7.52. The number of esters is 1. The Bertz CT molecular complexity index is 1430. The minimum absolute atomic E-state index is 0.0543. The summed E-state index contributed by atoms with van der Waals surface area (Å²) in [6, 6.07) is 8.06. The number of hydrogen-bond acceptors (Lipinski definition) is 11. The van der Waals surface area contributed by atoms with E-state index in [0.29, 0.717) is 35.2 Å². The number of carbonyl (C=O) groups is 1. The zero-order valence-corrected chi connectivity index (χ0v) is 24.8. The molecule has 2 fully saturated rings. The number of nitrogens with one attached hydrogen (secondary N) is 2. The van der Waals surface area contributed by atoms with Gasteiger partial charge in [-0.1, -0.05) is 32.0 Å². The van der Waals surface area contributed by atoms with Crippen LogP contribution in [-0.2, 0) is 23.4 Å². The first-order valence-corrected chi connectivity index (χ1v) is 15.4. The van der Waals surface area contributed by atoms with Crippen molar-refractivity contribution in [3.8, 4) is 5.75 Å². The summed E-state index contributed by atoms with van der Waals surface area (Å²) in [5.74, 6) is 0.520. The molecule has 4 atom stereocenters. The maximum Gasteiger partial charge on any atom is 0.459 e. The van der Waals surface area contributed by atoms with Crippen LogP contribution in [0.25, 0.3) is 11.2 Å². The van der Waals surface area contributed by atoms with Crippen LogP contribution in [0, 0.1) is 5.41 Å². The second kappa shape index (κ2) is 11.6. The molecule has 1 unspecified atom stereocenters. The SMILES string of the molecule is CC(C)OC(=O)[C@@H](C)NP(=O)(OC[C@@H]1CC(C)(C)[C@H](n2cnc3c(NC4CC4)nc(N)nc32)O1)Oc1ccccc1. The van der Waals surface area contributed by atoms with Gasteiger partial charge in [0.15, 0.2) is 17.0 Å². The van der Waals surface area contributed by atoms with Crippen molar-refractivity contribution < 1.29 is 27.9 Å². The molecular formula is C27H38N7O6P. The molecule has 0 radical (unpaired) electrons. The number of anilines is 2. The van der Waals surface area contributed by atoms with Gasteiger partial charge in [-0.3, -0.25) is 13.9 Å². The summed E-state index contributed by atoms with van der Waals surface area (Å²) >= 11 is 0. The maximum atomic E-state index is 13.9. The van der Waals surface area contributed by atoms with E-state index in [-0.39, 0.29) is 24.1 Å². The summed E-state index contributed by atoms with van der Waals surface area (Å²) in [6.07, 6.45) is 3.21. The molecule has 1 saturated heterocycles. The number of imidazole rings is 1. The quantitative estimate of drug-likeness (QED) is 0.202. The predicted octanol–water partition coefficient (Wildman–Crippen LogP) is 4.43. The van der Waals surface area contributed by atoms with Crippen molar-refractivity contribution in [3.05, 3.63) is 36.7 Å². The molecule has 13 nitrogen and oxygen atoms in total. The summed E-state index contributed by atoms with van der Waals surface area (Å²) in [6.45, 7) is 9.11. The number of rotatable bonds is 12. The fourth-order valence-corrected chi connectivity index (χ4v) is 6.31. The van der Waals surface area contributed by atoms with Crippen molar-refractivity contribution in [2.45, 2.75) is 84.4 Å². The molecule has 3 aromatic rings. The molecule has 0 bridgehead atoms. The zero-order valence-electron chi connectivity index (χ0n) is 23.9. The van der Waals surface area contributed by atoms with Gasteiger partial charge in [-0.25, -0.2) is 9.55 Å². The van der Waals surface area contributed by atoms with Gasteiger partial charge in [-0.05, 0) is 52.2 Å². The maximum absolute atomic E-state index is 13.9. The van der Waals surface area contributed by atoms with E-state index >= 15 is 0 Å². The van der Waals surface area contributed by atoms with E-state index in [1.165, 1.54) is 0 Å². The smallest absolute Gasteiger partial charge is 0.459 e. The van der Waals surface area contributed by atoms with Gasteiger partial charge in [0.2, 0.25) is 5.95 Å². The van der Waals surface area contributed by atoms with Crippen molar-refractivity contribution in [1.82, 2.24) is 24.6 Å². The van der Waals surface area contributed by atoms with Crippen molar-refractivity contribution in [3.63, 3.8) is 0 Å². The van der Waals surface area contributed by atoms with Crippen LogP contribution in [-0.4, -0.2) is 56.4 Å². The third-order valence-corrected chi connectivity index (χ3v) is 8.45. The molecule has 0 spiro atoms. The molecular weight excluding hydrogens is 549 g/mol. The Hall–Kier alpha value is -3.25. The van der Waals surface area contributed by atoms with Crippen LogP contribution in [0.3, 0.4) is 0 Å². The Morgan fingerprint density at radius 1 is 1.22 bits per heavy atom. The number of benzene rings is 1. The van der Waals surface area contributed by atoms with E-state index in [1.807, 2.05) is 10.6 Å². The van der Waals surface area contributed by atoms with Crippen molar-refractivity contribution >= 4 is 36.6 Å². The highest BCUT2D eigenvalue weighted by Crippen LogP contribution is 2.49. The topological polar surface area (TPSA) is 165 Å². The van der Waals surface area contributed by atoms with E-state index in [9.17, 15) is 9.36 Å². The number of carbonyl (C=O) groups excluding carboxylic acids is 1. The number of nitrogens with two attached hydrogens (primary N) is 1. The van der Waals surface area contributed by atoms with E-state index in [4.69, 9.17) is 24.3 Å². The fourth-order valence-electron chi connectivity index (χ4n) is 4.78. The molecule has 1 aliphatic heterocycles.